The number of hydrogen-bond acceptors (Lipinski definition) is 1. The second-order valence-electron chi connectivity index (χ2n) is 5.23. The van der Waals surface area contributed by atoms with Gasteiger partial charge in [0.2, 0.25) is 0 Å². The van der Waals surface area contributed by atoms with E-state index in [1.807, 2.05) is 0 Å². The van der Waals surface area contributed by atoms with E-state index >= 15 is 0 Å². The largest absolute Gasteiger partial charge is 0.316 e. The van der Waals surface area contributed by atoms with Crippen molar-refractivity contribution in [3.05, 3.63) is 34.3 Å². The number of unbranched alkanes of at least 4 members (excludes halogenated alkanes) is 4. The fourth-order valence-corrected chi connectivity index (χ4v) is 3.10. The van der Waals surface area contributed by atoms with Gasteiger partial charge in [-0.25, -0.2) is 0 Å². The molecule has 0 aliphatic carbocycles. The highest BCUT2D eigenvalue weighted by Gasteiger charge is 2.13. The maximum Gasteiger partial charge on any atom is 0.0210 e. The van der Waals surface area contributed by atoms with E-state index in [1.165, 1.54) is 48.6 Å². The molecule has 0 bridgehead atoms. The van der Waals surface area contributed by atoms with Gasteiger partial charge >= 0.3 is 0 Å². The van der Waals surface area contributed by atoms with Crippen molar-refractivity contribution in [2.24, 2.45) is 0 Å². The van der Waals surface area contributed by atoms with Gasteiger partial charge in [-0.15, -0.1) is 0 Å². The van der Waals surface area contributed by atoms with Gasteiger partial charge in [-0.05, 0) is 30.5 Å². The number of likely N-dealkylation sites (N-methyl/N-ethyl adjacent to an activating group) is 1. The molecule has 19 heavy (non-hydrogen) atoms. The van der Waals surface area contributed by atoms with Crippen LogP contribution in [0.3, 0.4) is 0 Å². The second kappa shape index (κ2) is 10.4. The molecule has 0 saturated carbocycles. The third-order valence-electron chi connectivity index (χ3n) is 3.64. The zero-order chi connectivity index (χ0) is 13.9. The van der Waals surface area contributed by atoms with Crippen molar-refractivity contribution in [3.8, 4) is 0 Å². The van der Waals surface area contributed by atoms with Crippen LogP contribution in [0, 0.1) is 0 Å². The van der Waals surface area contributed by atoms with Crippen LogP contribution >= 0.6 is 15.9 Å². The van der Waals surface area contributed by atoms with E-state index in [0.717, 1.165) is 13.1 Å². The van der Waals surface area contributed by atoms with Crippen LogP contribution in [0.5, 0.6) is 0 Å². The summed E-state index contributed by atoms with van der Waals surface area (Å²) in [6.07, 6.45) is 8.11. The molecule has 1 aromatic carbocycles. The van der Waals surface area contributed by atoms with Crippen LogP contribution < -0.4 is 5.32 Å². The average molecular weight is 326 g/mol. The Morgan fingerprint density at radius 1 is 1.05 bits per heavy atom. The lowest BCUT2D eigenvalue weighted by Gasteiger charge is -2.19. The molecule has 1 aromatic rings. The summed E-state index contributed by atoms with van der Waals surface area (Å²) in [6, 6.07) is 8.67. The Kier molecular flexibility index (Phi) is 9.19. The lowest BCUT2D eigenvalue weighted by atomic mass is 9.93. The molecular weight excluding hydrogens is 298 g/mol. The lowest BCUT2D eigenvalue weighted by molar-refractivity contribution is 0.515. The van der Waals surface area contributed by atoms with Gasteiger partial charge in [0, 0.05) is 11.0 Å². The highest BCUT2D eigenvalue weighted by molar-refractivity contribution is 9.10. The van der Waals surface area contributed by atoms with Gasteiger partial charge < -0.3 is 5.32 Å². The number of benzene rings is 1. The fraction of sp³-hybridized carbons (Fsp3) is 0.647. The van der Waals surface area contributed by atoms with E-state index in [1.54, 1.807) is 0 Å². The molecule has 0 radical (unpaired) electrons. The monoisotopic (exact) mass is 325 g/mol. The van der Waals surface area contributed by atoms with Crippen molar-refractivity contribution in [1.29, 1.82) is 0 Å². The Morgan fingerprint density at radius 2 is 1.79 bits per heavy atom. The summed E-state index contributed by atoms with van der Waals surface area (Å²) in [5.41, 5.74) is 1.46. The van der Waals surface area contributed by atoms with Crippen LogP contribution in [-0.4, -0.2) is 13.1 Å². The zero-order valence-electron chi connectivity index (χ0n) is 12.4. The minimum Gasteiger partial charge on any atom is -0.316 e. The average Bonchev–Trinajstić information content (AvgIpc) is 2.43. The first-order chi connectivity index (χ1) is 9.29. The normalized spacial score (nSPS) is 12.6. The zero-order valence-corrected chi connectivity index (χ0v) is 14.0. The van der Waals surface area contributed by atoms with Gasteiger partial charge in [-0.3, -0.25) is 0 Å². The molecule has 0 aliphatic heterocycles. The van der Waals surface area contributed by atoms with Crippen LogP contribution in [0.15, 0.2) is 28.7 Å². The first-order valence-corrected chi connectivity index (χ1v) is 8.54. The maximum absolute atomic E-state index is 3.69. The molecule has 0 aromatic heterocycles. The minimum absolute atomic E-state index is 0.636. The van der Waals surface area contributed by atoms with Crippen LogP contribution in [0.4, 0.5) is 0 Å². The Morgan fingerprint density at radius 3 is 2.47 bits per heavy atom. The third-order valence-corrected chi connectivity index (χ3v) is 4.36. The molecule has 108 valence electrons. The first kappa shape index (κ1) is 16.7. The van der Waals surface area contributed by atoms with Crippen molar-refractivity contribution in [2.75, 3.05) is 13.1 Å². The molecule has 0 spiro atoms. The van der Waals surface area contributed by atoms with Crippen molar-refractivity contribution >= 4 is 15.9 Å². The number of hydrogen-bond donors (Lipinski definition) is 1. The number of rotatable bonds is 10. The maximum atomic E-state index is 3.69. The molecule has 1 rings (SSSR count). The highest BCUT2D eigenvalue weighted by Crippen LogP contribution is 2.28. The SMILES string of the molecule is CCCCCCCC(CNCC)c1ccccc1Br. The van der Waals surface area contributed by atoms with Gasteiger partial charge in [0.15, 0.2) is 0 Å². The molecular formula is C17H28BrN. The number of halogens is 1. The van der Waals surface area contributed by atoms with Crippen molar-refractivity contribution in [1.82, 2.24) is 5.32 Å². The standard InChI is InChI=1S/C17H28BrN/c1-3-5-6-7-8-11-15(14-19-4-2)16-12-9-10-13-17(16)18/h9-10,12-13,15,19H,3-8,11,14H2,1-2H3. The summed E-state index contributed by atoms with van der Waals surface area (Å²) in [5, 5.41) is 3.51. The molecule has 0 aliphatic rings. The van der Waals surface area contributed by atoms with Crippen LogP contribution in [0.25, 0.3) is 0 Å². The first-order valence-electron chi connectivity index (χ1n) is 7.74. The van der Waals surface area contributed by atoms with E-state index in [-0.39, 0.29) is 0 Å². The topological polar surface area (TPSA) is 12.0 Å². The third kappa shape index (κ3) is 6.58. The summed E-state index contributed by atoms with van der Waals surface area (Å²) < 4.78 is 1.26. The molecule has 0 heterocycles. The minimum atomic E-state index is 0.636. The molecule has 2 heteroatoms. The molecule has 0 fully saturated rings. The lowest BCUT2D eigenvalue weighted by Crippen LogP contribution is -2.21. The van der Waals surface area contributed by atoms with Crippen LogP contribution in [0.2, 0.25) is 0 Å². The van der Waals surface area contributed by atoms with Crippen LogP contribution in [-0.2, 0) is 0 Å². The van der Waals surface area contributed by atoms with E-state index in [9.17, 15) is 0 Å². The Balaban J connectivity index is 2.49. The molecule has 1 nitrogen and oxygen atoms in total. The highest BCUT2D eigenvalue weighted by atomic mass is 79.9. The van der Waals surface area contributed by atoms with Gasteiger partial charge in [-0.1, -0.05) is 80.1 Å². The Bertz CT molecular complexity index is 338. The van der Waals surface area contributed by atoms with Gasteiger partial charge in [0.05, 0.1) is 0 Å². The summed E-state index contributed by atoms with van der Waals surface area (Å²) in [7, 11) is 0. The quantitative estimate of drug-likeness (QED) is 0.560. The van der Waals surface area contributed by atoms with Gasteiger partial charge in [0.25, 0.3) is 0 Å². The molecule has 0 amide bonds. The second-order valence-corrected chi connectivity index (χ2v) is 6.08. The summed E-state index contributed by atoms with van der Waals surface area (Å²) in [6.45, 7) is 6.59. The van der Waals surface area contributed by atoms with E-state index in [4.69, 9.17) is 0 Å². The predicted molar refractivity (Wildman–Crippen MR) is 88.8 cm³/mol. The van der Waals surface area contributed by atoms with Crippen molar-refractivity contribution in [3.63, 3.8) is 0 Å². The molecule has 0 saturated heterocycles. The van der Waals surface area contributed by atoms with Crippen molar-refractivity contribution < 1.29 is 0 Å². The molecule has 1 unspecified atom stereocenters. The molecule has 1 atom stereocenters. The summed E-state index contributed by atoms with van der Waals surface area (Å²) >= 11 is 3.69. The van der Waals surface area contributed by atoms with E-state index in [2.05, 4.69) is 59.4 Å². The van der Waals surface area contributed by atoms with Crippen molar-refractivity contribution in [2.45, 2.75) is 58.3 Å². The fourth-order valence-electron chi connectivity index (χ4n) is 2.49. The molecule has 1 N–H and O–H groups in total. The summed E-state index contributed by atoms with van der Waals surface area (Å²) in [5.74, 6) is 0.636. The van der Waals surface area contributed by atoms with Crippen LogP contribution in [0.1, 0.15) is 63.9 Å². The van der Waals surface area contributed by atoms with Gasteiger partial charge in [0.1, 0.15) is 0 Å². The Hall–Kier alpha value is -0.340. The summed E-state index contributed by atoms with van der Waals surface area (Å²) in [4.78, 5) is 0. The smallest absolute Gasteiger partial charge is 0.0210 e. The number of nitrogens with one attached hydrogen (secondary N) is 1. The van der Waals surface area contributed by atoms with E-state index in [0.29, 0.717) is 5.92 Å². The Labute approximate surface area is 127 Å². The van der Waals surface area contributed by atoms with E-state index < -0.39 is 0 Å². The predicted octanol–water partition coefficient (Wildman–Crippen LogP) is 5.50. The van der Waals surface area contributed by atoms with Gasteiger partial charge in [-0.2, -0.15) is 0 Å².